The lowest BCUT2D eigenvalue weighted by Crippen LogP contribution is -1.86. The number of carbonyl (C=O) groups is 1. The molecule has 0 aliphatic carbocycles. The van der Waals surface area contributed by atoms with Crippen molar-refractivity contribution in [1.29, 1.82) is 0 Å². The van der Waals surface area contributed by atoms with Crippen molar-refractivity contribution in [3.05, 3.63) is 0 Å². The van der Waals surface area contributed by atoms with Gasteiger partial charge in [0.25, 0.3) is 0 Å². The summed E-state index contributed by atoms with van der Waals surface area (Å²) in [6.45, 7) is 1.95. The van der Waals surface area contributed by atoms with Gasteiger partial charge in [-0.1, -0.05) is 35.7 Å². The molecule has 0 aromatic heterocycles. The Morgan fingerprint density at radius 1 is 1.23 bits per heavy atom. The summed E-state index contributed by atoms with van der Waals surface area (Å²) in [4.78, 5) is 9.37. The van der Waals surface area contributed by atoms with Crippen LogP contribution in [0, 0.1) is 0 Å². The van der Waals surface area contributed by atoms with Gasteiger partial charge in [-0.05, 0) is 12.8 Å². The summed E-state index contributed by atoms with van der Waals surface area (Å²) in [7, 11) is 0. The van der Waals surface area contributed by atoms with Gasteiger partial charge in [-0.15, -0.1) is 0 Å². The quantitative estimate of drug-likeness (QED) is 0.566. The lowest BCUT2D eigenvalue weighted by atomic mass is 10.2. The van der Waals surface area contributed by atoms with Crippen LogP contribution < -0.4 is 0 Å². The molecule has 0 saturated heterocycles. The molecule has 0 aromatic carbocycles. The second kappa shape index (κ2) is 14.4. The molecule has 0 aliphatic rings. The molecule has 0 radical (unpaired) electrons. The molecule has 0 bridgehead atoms. The van der Waals surface area contributed by atoms with Gasteiger partial charge in [0.05, 0.1) is 0 Å². The van der Waals surface area contributed by atoms with E-state index in [1.165, 1.54) is 19.3 Å². The fourth-order valence-corrected chi connectivity index (χ4v) is 0.956. The van der Waals surface area contributed by atoms with Crippen LogP contribution >= 0.6 is 15.9 Å². The summed E-state index contributed by atoms with van der Waals surface area (Å²) in [6.07, 6.45) is 4.83. The summed E-state index contributed by atoms with van der Waals surface area (Å²) in [5.41, 5.74) is 0. The molecular weight excluding hydrogens is 236 g/mol. The van der Waals surface area contributed by atoms with Crippen molar-refractivity contribution in [3.63, 3.8) is 0 Å². The van der Waals surface area contributed by atoms with Crippen LogP contribution in [-0.4, -0.2) is 28.1 Å². The summed E-state index contributed by atoms with van der Waals surface area (Å²) in [5, 5.41) is 17.2. The van der Waals surface area contributed by atoms with E-state index in [4.69, 9.17) is 10.2 Å². The molecule has 0 rings (SSSR count). The maximum Gasteiger partial charge on any atom is 0.303 e. The minimum absolute atomic E-state index is 0.222. The Morgan fingerprint density at radius 3 is 2.00 bits per heavy atom. The fourth-order valence-electron chi connectivity index (χ4n) is 0.560. The number of alkyl halides is 1. The van der Waals surface area contributed by atoms with E-state index in [0.29, 0.717) is 6.61 Å². The Kier molecular flexibility index (Phi) is 17.1. The third kappa shape index (κ3) is 24.5. The number of aliphatic hydroxyl groups excluding tert-OH is 1. The van der Waals surface area contributed by atoms with E-state index < -0.39 is 5.97 Å². The van der Waals surface area contributed by atoms with Gasteiger partial charge < -0.3 is 10.2 Å². The summed E-state index contributed by atoms with van der Waals surface area (Å²) in [6, 6.07) is 0. The number of halogens is 1. The van der Waals surface area contributed by atoms with E-state index in [9.17, 15) is 4.79 Å². The van der Waals surface area contributed by atoms with Gasteiger partial charge >= 0.3 is 5.97 Å². The number of aliphatic hydroxyl groups is 1. The molecule has 0 fully saturated rings. The fraction of sp³-hybridized carbons (Fsp3) is 0.889. The Labute approximate surface area is 88.3 Å². The molecule has 0 aliphatic heterocycles. The normalized spacial score (nSPS) is 8.85. The zero-order valence-corrected chi connectivity index (χ0v) is 9.72. The van der Waals surface area contributed by atoms with Gasteiger partial charge in [-0.2, -0.15) is 0 Å². The lowest BCUT2D eigenvalue weighted by molar-refractivity contribution is -0.136. The number of aliphatic carboxylic acids is 1. The van der Waals surface area contributed by atoms with Crippen molar-refractivity contribution in [3.8, 4) is 0 Å². The molecule has 0 aromatic rings. The van der Waals surface area contributed by atoms with Gasteiger partial charge in [0.2, 0.25) is 0 Å². The molecule has 0 heterocycles. The molecule has 0 unspecified atom stereocenters. The van der Waals surface area contributed by atoms with Crippen LogP contribution in [0.2, 0.25) is 0 Å². The van der Waals surface area contributed by atoms with Crippen LogP contribution in [0.25, 0.3) is 0 Å². The second-order valence-corrected chi connectivity index (χ2v) is 3.37. The Morgan fingerprint density at radius 2 is 1.69 bits per heavy atom. The Bertz CT molecular complexity index is 101. The van der Waals surface area contributed by atoms with Crippen molar-refractivity contribution in [1.82, 2.24) is 0 Å². The first-order valence-corrected chi connectivity index (χ1v) is 5.69. The van der Waals surface area contributed by atoms with Gasteiger partial charge in [0.15, 0.2) is 0 Å². The van der Waals surface area contributed by atoms with Crippen molar-refractivity contribution < 1.29 is 15.0 Å². The maximum atomic E-state index is 9.37. The SMILES string of the molecule is CCC(=O)O.OCCCCCCBr. The Balaban J connectivity index is 0. The molecule has 0 atom stereocenters. The largest absolute Gasteiger partial charge is 0.481 e. The first-order chi connectivity index (χ1) is 6.18. The average molecular weight is 255 g/mol. The highest BCUT2D eigenvalue weighted by atomic mass is 79.9. The predicted octanol–water partition coefficient (Wildman–Crippen LogP) is 2.42. The summed E-state index contributed by atoms with van der Waals surface area (Å²) >= 11 is 3.34. The van der Waals surface area contributed by atoms with Crippen LogP contribution in [0.3, 0.4) is 0 Å². The highest BCUT2D eigenvalue weighted by Crippen LogP contribution is 2.00. The molecule has 3 nitrogen and oxygen atoms in total. The molecule has 0 amide bonds. The van der Waals surface area contributed by atoms with Crippen molar-refractivity contribution in [2.24, 2.45) is 0 Å². The topological polar surface area (TPSA) is 57.5 Å². The van der Waals surface area contributed by atoms with Gasteiger partial charge in [-0.25, -0.2) is 0 Å². The molecule has 2 N–H and O–H groups in total. The van der Waals surface area contributed by atoms with E-state index in [1.54, 1.807) is 6.92 Å². The van der Waals surface area contributed by atoms with E-state index in [-0.39, 0.29) is 6.42 Å². The molecule has 0 saturated carbocycles. The number of unbranched alkanes of at least 4 members (excludes halogenated alkanes) is 3. The van der Waals surface area contributed by atoms with Crippen LogP contribution in [0.4, 0.5) is 0 Å². The highest BCUT2D eigenvalue weighted by molar-refractivity contribution is 9.09. The van der Waals surface area contributed by atoms with E-state index in [2.05, 4.69) is 15.9 Å². The highest BCUT2D eigenvalue weighted by Gasteiger charge is 1.84. The number of carboxylic acid groups (broad SMARTS) is 1. The number of carboxylic acids is 1. The lowest BCUT2D eigenvalue weighted by Gasteiger charge is -1.92. The van der Waals surface area contributed by atoms with E-state index in [0.717, 1.165) is 11.8 Å². The smallest absolute Gasteiger partial charge is 0.303 e. The van der Waals surface area contributed by atoms with Crippen LogP contribution in [0.5, 0.6) is 0 Å². The first kappa shape index (κ1) is 15.4. The second-order valence-electron chi connectivity index (χ2n) is 2.57. The van der Waals surface area contributed by atoms with Crippen LogP contribution in [0.1, 0.15) is 39.0 Å². The molecule has 0 spiro atoms. The van der Waals surface area contributed by atoms with Crippen LogP contribution in [0.15, 0.2) is 0 Å². The number of hydrogen-bond donors (Lipinski definition) is 2. The molecular formula is C9H19BrO3. The molecule has 4 heteroatoms. The van der Waals surface area contributed by atoms with Crippen molar-refractivity contribution in [2.75, 3.05) is 11.9 Å². The van der Waals surface area contributed by atoms with Gasteiger partial charge in [-0.3, -0.25) is 4.79 Å². The Hall–Kier alpha value is -0.0900. The van der Waals surface area contributed by atoms with Crippen molar-refractivity contribution >= 4 is 21.9 Å². The third-order valence-electron chi connectivity index (χ3n) is 1.34. The van der Waals surface area contributed by atoms with Crippen molar-refractivity contribution in [2.45, 2.75) is 39.0 Å². The first-order valence-electron chi connectivity index (χ1n) is 4.57. The minimum atomic E-state index is -0.745. The van der Waals surface area contributed by atoms with E-state index >= 15 is 0 Å². The third-order valence-corrected chi connectivity index (χ3v) is 1.90. The zero-order chi connectivity index (χ0) is 10.5. The van der Waals surface area contributed by atoms with E-state index in [1.807, 2.05) is 0 Å². The average Bonchev–Trinajstić information content (AvgIpc) is 2.14. The minimum Gasteiger partial charge on any atom is -0.481 e. The van der Waals surface area contributed by atoms with Gasteiger partial charge in [0, 0.05) is 18.4 Å². The summed E-state index contributed by atoms with van der Waals surface area (Å²) in [5.74, 6) is -0.745. The predicted molar refractivity (Wildman–Crippen MR) is 57.3 cm³/mol. The standard InChI is InChI=1S/C6H13BrO.C3H6O2/c7-5-3-1-2-4-6-8;1-2-3(4)5/h8H,1-6H2;2H2,1H3,(H,4,5). The number of hydrogen-bond acceptors (Lipinski definition) is 2. The molecule has 80 valence electrons. The van der Waals surface area contributed by atoms with Crippen LogP contribution in [-0.2, 0) is 4.79 Å². The zero-order valence-electron chi connectivity index (χ0n) is 8.13. The maximum absolute atomic E-state index is 9.37. The van der Waals surface area contributed by atoms with Gasteiger partial charge in [0.1, 0.15) is 0 Å². The summed E-state index contributed by atoms with van der Waals surface area (Å²) < 4.78 is 0. The molecule has 13 heavy (non-hydrogen) atoms. The monoisotopic (exact) mass is 254 g/mol. The number of rotatable bonds is 6.